The molecule has 0 spiro atoms. The zero-order valence-corrected chi connectivity index (χ0v) is 6.71. The summed E-state index contributed by atoms with van der Waals surface area (Å²) in [6.45, 7) is 0. The van der Waals surface area contributed by atoms with Gasteiger partial charge in [-0.05, 0) is 12.8 Å². The Kier molecular flexibility index (Phi) is 4.15. The molecule has 0 heterocycles. The lowest BCUT2D eigenvalue weighted by atomic mass is 10.1. The van der Waals surface area contributed by atoms with Crippen molar-refractivity contribution in [2.24, 2.45) is 11.5 Å². The normalized spacial score (nSPS) is 16.7. The van der Waals surface area contributed by atoms with Crippen molar-refractivity contribution >= 4 is 5.97 Å². The minimum atomic E-state index is -4.49. The Hall–Kier alpha value is -0.820. The summed E-state index contributed by atoms with van der Waals surface area (Å²) in [5, 5.41) is 8.25. The number of halogens is 3. The monoisotopic (exact) mass is 200 g/mol. The average molecular weight is 200 g/mol. The number of rotatable bonds is 4. The molecule has 0 aliphatic heterocycles. The van der Waals surface area contributed by atoms with Gasteiger partial charge in [-0.1, -0.05) is 0 Å². The SMILES string of the molecule is N[C@H](CC[C@@H](N)C(F)(F)F)C(=O)O. The molecule has 78 valence electrons. The molecule has 0 amide bonds. The summed E-state index contributed by atoms with van der Waals surface area (Å²) in [7, 11) is 0. The average Bonchev–Trinajstić information content (AvgIpc) is 1.97. The van der Waals surface area contributed by atoms with Crippen LogP contribution < -0.4 is 11.5 Å². The van der Waals surface area contributed by atoms with Gasteiger partial charge in [-0.2, -0.15) is 13.2 Å². The maximum Gasteiger partial charge on any atom is 0.403 e. The molecule has 0 bridgehead atoms. The summed E-state index contributed by atoms with van der Waals surface area (Å²) >= 11 is 0. The molecular weight excluding hydrogens is 189 g/mol. The number of carbonyl (C=O) groups is 1. The molecule has 0 aromatic carbocycles. The van der Waals surface area contributed by atoms with Gasteiger partial charge in [0.2, 0.25) is 0 Å². The first kappa shape index (κ1) is 12.2. The zero-order valence-electron chi connectivity index (χ0n) is 6.71. The van der Waals surface area contributed by atoms with Crippen LogP contribution in [-0.4, -0.2) is 29.3 Å². The number of aliphatic carboxylic acids is 1. The molecule has 0 rings (SSSR count). The Morgan fingerprint density at radius 3 is 2.08 bits per heavy atom. The Labute approximate surface area is 72.7 Å². The highest BCUT2D eigenvalue weighted by molar-refractivity contribution is 5.72. The van der Waals surface area contributed by atoms with Crippen molar-refractivity contribution in [3.63, 3.8) is 0 Å². The van der Waals surface area contributed by atoms with Crippen LogP contribution in [0.1, 0.15) is 12.8 Å². The molecule has 4 nitrogen and oxygen atoms in total. The highest BCUT2D eigenvalue weighted by Gasteiger charge is 2.36. The fourth-order valence-electron chi connectivity index (χ4n) is 0.646. The predicted molar refractivity (Wildman–Crippen MR) is 38.9 cm³/mol. The van der Waals surface area contributed by atoms with Crippen LogP contribution in [0.25, 0.3) is 0 Å². The molecule has 0 saturated carbocycles. The van der Waals surface area contributed by atoms with E-state index in [1.807, 2.05) is 0 Å². The molecule has 13 heavy (non-hydrogen) atoms. The van der Waals surface area contributed by atoms with Crippen molar-refractivity contribution in [2.75, 3.05) is 0 Å². The van der Waals surface area contributed by atoms with Crippen LogP contribution in [0.3, 0.4) is 0 Å². The molecule has 0 aliphatic carbocycles. The molecule has 7 heteroatoms. The van der Waals surface area contributed by atoms with Gasteiger partial charge < -0.3 is 16.6 Å². The molecule has 0 saturated heterocycles. The summed E-state index contributed by atoms with van der Waals surface area (Å²) in [6.07, 6.45) is -5.24. The summed E-state index contributed by atoms with van der Waals surface area (Å²) in [5.74, 6) is -1.32. The molecule has 0 aliphatic rings. The number of nitrogens with two attached hydrogens (primary N) is 2. The van der Waals surface area contributed by atoms with Crippen LogP contribution in [0.15, 0.2) is 0 Å². The standard InChI is InChI=1S/C6H11F3N2O2/c7-6(8,9)4(11)2-1-3(10)5(12)13/h3-4H,1-2,10-11H2,(H,12,13)/t3-,4-/m1/s1. The molecule has 0 radical (unpaired) electrons. The summed E-state index contributed by atoms with van der Waals surface area (Å²) in [4.78, 5) is 10.1. The molecule has 0 aromatic heterocycles. The van der Waals surface area contributed by atoms with E-state index in [4.69, 9.17) is 16.6 Å². The first-order valence-corrected chi connectivity index (χ1v) is 3.56. The van der Waals surface area contributed by atoms with E-state index in [-0.39, 0.29) is 6.42 Å². The molecule has 2 atom stereocenters. The number of carboxylic acids is 1. The third-order valence-electron chi connectivity index (χ3n) is 1.53. The van der Waals surface area contributed by atoms with Crippen molar-refractivity contribution in [1.82, 2.24) is 0 Å². The van der Waals surface area contributed by atoms with Crippen molar-refractivity contribution in [3.8, 4) is 0 Å². The van der Waals surface area contributed by atoms with E-state index in [0.717, 1.165) is 0 Å². The fraction of sp³-hybridized carbons (Fsp3) is 0.833. The first-order chi connectivity index (χ1) is 5.75. The van der Waals surface area contributed by atoms with Gasteiger partial charge in [0.15, 0.2) is 0 Å². The molecule has 0 aromatic rings. The minimum Gasteiger partial charge on any atom is -0.480 e. The van der Waals surface area contributed by atoms with Crippen molar-refractivity contribution in [3.05, 3.63) is 0 Å². The van der Waals surface area contributed by atoms with Crippen LogP contribution in [0.4, 0.5) is 13.2 Å². The van der Waals surface area contributed by atoms with Crippen LogP contribution in [0, 0.1) is 0 Å². The molecule has 0 fully saturated rings. The topological polar surface area (TPSA) is 89.3 Å². The van der Waals surface area contributed by atoms with E-state index in [1.165, 1.54) is 0 Å². The number of alkyl halides is 3. The van der Waals surface area contributed by atoms with E-state index in [1.54, 1.807) is 0 Å². The second-order valence-corrected chi connectivity index (χ2v) is 2.67. The quantitative estimate of drug-likeness (QED) is 0.599. The smallest absolute Gasteiger partial charge is 0.403 e. The third-order valence-corrected chi connectivity index (χ3v) is 1.53. The van der Waals surface area contributed by atoms with Gasteiger partial charge in [-0.15, -0.1) is 0 Å². The van der Waals surface area contributed by atoms with Crippen molar-refractivity contribution in [1.29, 1.82) is 0 Å². The lowest BCUT2D eigenvalue weighted by Crippen LogP contribution is -2.40. The van der Waals surface area contributed by atoms with E-state index < -0.39 is 30.7 Å². The molecular formula is C6H11F3N2O2. The van der Waals surface area contributed by atoms with Gasteiger partial charge in [0.25, 0.3) is 0 Å². The highest BCUT2D eigenvalue weighted by atomic mass is 19.4. The van der Waals surface area contributed by atoms with Crippen molar-refractivity contribution < 1.29 is 23.1 Å². The fourth-order valence-corrected chi connectivity index (χ4v) is 0.646. The highest BCUT2D eigenvalue weighted by Crippen LogP contribution is 2.21. The van der Waals surface area contributed by atoms with E-state index >= 15 is 0 Å². The Morgan fingerprint density at radius 2 is 1.77 bits per heavy atom. The van der Waals surface area contributed by atoms with Gasteiger partial charge in [-0.3, -0.25) is 4.79 Å². The van der Waals surface area contributed by atoms with E-state index in [9.17, 15) is 18.0 Å². The summed E-state index contributed by atoms with van der Waals surface area (Å²) < 4.78 is 35.4. The maximum atomic E-state index is 11.8. The Morgan fingerprint density at radius 1 is 1.31 bits per heavy atom. The molecule has 5 N–H and O–H groups in total. The Bertz CT molecular complexity index is 183. The van der Waals surface area contributed by atoms with Crippen LogP contribution in [0.5, 0.6) is 0 Å². The lowest BCUT2D eigenvalue weighted by Gasteiger charge is -2.16. The van der Waals surface area contributed by atoms with Crippen LogP contribution in [0.2, 0.25) is 0 Å². The third kappa shape index (κ3) is 4.69. The van der Waals surface area contributed by atoms with Gasteiger partial charge in [0.05, 0.1) is 0 Å². The number of hydrogen-bond donors (Lipinski definition) is 3. The van der Waals surface area contributed by atoms with Crippen molar-refractivity contribution in [2.45, 2.75) is 31.1 Å². The van der Waals surface area contributed by atoms with E-state index in [2.05, 4.69) is 0 Å². The predicted octanol–water partition coefficient (Wildman–Crippen LogP) is 0.0681. The second-order valence-electron chi connectivity index (χ2n) is 2.67. The zero-order chi connectivity index (χ0) is 10.6. The largest absolute Gasteiger partial charge is 0.480 e. The second kappa shape index (κ2) is 4.43. The summed E-state index contributed by atoms with van der Waals surface area (Å²) in [5.41, 5.74) is 9.71. The maximum absolute atomic E-state index is 11.8. The van der Waals surface area contributed by atoms with E-state index in [0.29, 0.717) is 0 Å². The number of carboxylic acid groups (broad SMARTS) is 1. The molecule has 0 unspecified atom stereocenters. The Balaban J connectivity index is 3.83. The van der Waals surface area contributed by atoms with Gasteiger partial charge in [0.1, 0.15) is 12.1 Å². The lowest BCUT2D eigenvalue weighted by molar-refractivity contribution is -0.151. The van der Waals surface area contributed by atoms with Gasteiger partial charge >= 0.3 is 12.1 Å². The van der Waals surface area contributed by atoms with Gasteiger partial charge in [0, 0.05) is 0 Å². The first-order valence-electron chi connectivity index (χ1n) is 3.56. The minimum absolute atomic E-state index is 0.282. The van der Waals surface area contributed by atoms with Crippen LogP contribution in [-0.2, 0) is 4.79 Å². The van der Waals surface area contributed by atoms with Gasteiger partial charge in [-0.25, -0.2) is 0 Å². The van der Waals surface area contributed by atoms with Crippen LogP contribution >= 0.6 is 0 Å². The summed E-state index contributed by atoms with van der Waals surface area (Å²) in [6, 6.07) is -3.29. The number of hydrogen-bond acceptors (Lipinski definition) is 3.